The predicted molar refractivity (Wildman–Crippen MR) is 92.3 cm³/mol. The molecule has 0 bridgehead atoms. The second kappa shape index (κ2) is 8.54. The van der Waals surface area contributed by atoms with E-state index in [1.807, 2.05) is 6.08 Å². The molecule has 1 amide bonds. The van der Waals surface area contributed by atoms with Gasteiger partial charge in [0, 0.05) is 17.5 Å². The molecule has 1 fully saturated rings. The van der Waals surface area contributed by atoms with Gasteiger partial charge < -0.3 is 10.4 Å². The SMILES string of the molecule is C=C/C=C(\C=C)C(=O)NCC1(/C(C)=C/C=C)CCC(O)CC1. The fourth-order valence-electron chi connectivity index (χ4n) is 2.93. The van der Waals surface area contributed by atoms with Crippen LogP contribution < -0.4 is 5.32 Å². The third-order valence-corrected chi connectivity index (χ3v) is 4.48. The smallest absolute Gasteiger partial charge is 0.251 e. The summed E-state index contributed by atoms with van der Waals surface area (Å²) < 4.78 is 0. The molecule has 2 N–H and O–H groups in total. The number of aliphatic hydroxyl groups is 1. The van der Waals surface area contributed by atoms with Crippen molar-refractivity contribution in [2.24, 2.45) is 5.41 Å². The molecular formula is C19H27NO2. The van der Waals surface area contributed by atoms with E-state index < -0.39 is 0 Å². The Morgan fingerprint density at radius 1 is 1.23 bits per heavy atom. The Balaban J connectivity index is 2.86. The molecule has 22 heavy (non-hydrogen) atoms. The summed E-state index contributed by atoms with van der Waals surface area (Å²) in [5, 5.41) is 12.8. The number of allylic oxidation sites excluding steroid dienone is 4. The number of hydrogen-bond donors (Lipinski definition) is 2. The molecule has 0 spiro atoms. The van der Waals surface area contributed by atoms with Crippen molar-refractivity contribution in [3.05, 3.63) is 61.3 Å². The van der Waals surface area contributed by atoms with Crippen molar-refractivity contribution in [1.29, 1.82) is 0 Å². The van der Waals surface area contributed by atoms with Gasteiger partial charge in [-0.05, 0) is 32.6 Å². The van der Waals surface area contributed by atoms with E-state index in [4.69, 9.17) is 0 Å². The van der Waals surface area contributed by atoms with Gasteiger partial charge in [0.25, 0.3) is 5.91 Å². The van der Waals surface area contributed by atoms with Crippen LogP contribution in [0.25, 0.3) is 0 Å². The molecule has 1 aliphatic rings. The zero-order valence-corrected chi connectivity index (χ0v) is 13.5. The van der Waals surface area contributed by atoms with Gasteiger partial charge in [0.15, 0.2) is 0 Å². The molecule has 0 unspecified atom stereocenters. The van der Waals surface area contributed by atoms with E-state index in [1.165, 1.54) is 11.6 Å². The van der Waals surface area contributed by atoms with Crippen LogP contribution in [0.1, 0.15) is 32.6 Å². The van der Waals surface area contributed by atoms with E-state index in [1.54, 1.807) is 18.2 Å². The maximum absolute atomic E-state index is 12.2. The Morgan fingerprint density at radius 2 is 1.82 bits per heavy atom. The van der Waals surface area contributed by atoms with E-state index in [0.717, 1.165) is 25.7 Å². The number of carbonyl (C=O) groups excluding carboxylic acids is 1. The zero-order chi connectivity index (χ0) is 16.6. The second-order valence-corrected chi connectivity index (χ2v) is 5.84. The fourth-order valence-corrected chi connectivity index (χ4v) is 2.93. The third kappa shape index (κ3) is 4.57. The first-order chi connectivity index (χ1) is 10.5. The van der Waals surface area contributed by atoms with Gasteiger partial charge in [0.2, 0.25) is 0 Å². The summed E-state index contributed by atoms with van der Waals surface area (Å²) >= 11 is 0. The number of rotatable bonds is 7. The Bertz CT molecular complexity index is 492. The highest BCUT2D eigenvalue weighted by molar-refractivity contribution is 5.96. The molecule has 1 rings (SSSR count). The standard InChI is InChI=1S/C19H27NO2/c1-5-8-15(4)19(12-10-17(21)11-13-19)14-20-18(22)16(7-3)9-6-2/h5-9,17,21H,1-3,10-14H2,4H3,(H,20,22)/b15-8+,16-9+. The number of amides is 1. The lowest BCUT2D eigenvalue weighted by Gasteiger charge is -2.40. The monoisotopic (exact) mass is 301 g/mol. The molecule has 3 heteroatoms. The maximum Gasteiger partial charge on any atom is 0.251 e. The molecule has 1 saturated carbocycles. The third-order valence-electron chi connectivity index (χ3n) is 4.48. The van der Waals surface area contributed by atoms with Crippen LogP contribution in [-0.2, 0) is 4.79 Å². The summed E-state index contributed by atoms with van der Waals surface area (Å²) in [4.78, 5) is 12.2. The van der Waals surface area contributed by atoms with E-state index in [2.05, 4.69) is 32.0 Å². The van der Waals surface area contributed by atoms with E-state index in [-0.39, 0.29) is 17.4 Å². The van der Waals surface area contributed by atoms with E-state index >= 15 is 0 Å². The number of hydrogen-bond acceptors (Lipinski definition) is 2. The molecule has 0 heterocycles. The minimum absolute atomic E-state index is 0.108. The highest BCUT2D eigenvalue weighted by Gasteiger charge is 2.36. The molecule has 0 aromatic carbocycles. The molecule has 0 aromatic rings. The van der Waals surface area contributed by atoms with Crippen molar-refractivity contribution >= 4 is 5.91 Å². The van der Waals surface area contributed by atoms with Gasteiger partial charge in [0.1, 0.15) is 0 Å². The number of aliphatic hydroxyl groups excluding tert-OH is 1. The van der Waals surface area contributed by atoms with Gasteiger partial charge in [0.05, 0.1) is 6.10 Å². The minimum atomic E-state index is -0.232. The van der Waals surface area contributed by atoms with Crippen LogP contribution in [0.4, 0.5) is 0 Å². The van der Waals surface area contributed by atoms with Crippen molar-refractivity contribution in [3.63, 3.8) is 0 Å². The summed E-state index contributed by atoms with van der Waals surface area (Å²) in [5.74, 6) is -0.146. The summed E-state index contributed by atoms with van der Waals surface area (Å²) in [7, 11) is 0. The average Bonchev–Trinajstić information content (AvgIpc) is 2.52. The lowest BCUT2D eigenvalue weighted by molar-refractivity contribution is -0.117. The maximum atomic E-state index is 12.2. The highest BCUT2D eigenvalue weighted by atomic mass is 16.3. The van der Waals surface area contributed by atoms with Gasteiger partial charge in [-0.3, -0.25) is 4.79 Å². The number of carbonyl (C=O) groups is 1. The first kappa shape index (κ1) is 18.2. The Kier molecular flexibility index (Phi) is 7.06. The molecule has 0 aromatic heterocycles. The normalized spacial score (nSPS) is 26.2. The number of nitrogens with one attached hydrogen (secondary N) is 1. The summed E-state index contributed by atoms with van der Waals surface area (Å²) in [5.41, 5.74) is 1.60. The van der Waals surface area contributed by atoms with Crippen LogP contribution in [0, 0.1) is 5.41 Å². The van der Waals surface area contributed by atoms with Gasteiger partial charge in [-0.25, -0.2) is 0 Å². The molecule has 0 aliphatic heterocycles. The van der Waals surface area contributed by atoms with E-state index in [0.29, 0.717) is 12.1 Å². The van der Waals surface area contributed by atoms with Crippen LogP contribution in [-0.4, -0.2) is 23.7 Å². The molecule has 0 atom stereocenters. The molecule has 0 radical (unpaired) electrons. The second-order valence-electron chi connectivity index (χ2n) is 5.84. The first-order valence-electron chi connectivity index (χ1n) is 7.70. The summed E-state index contributed by atoms with van der Waals surface area (Å²) in [6, 6.07) is 0. The summed E-state index contributed by atoms with van der Waals surface area (Å²) in [6.45, 7) is 13.6. The fraction of sp³-hybridized carbons (Fsp3) is 0.421. The van der Waals surface area contributed by atoms with Gasteiger partial charge >= 0.3 is 0 Å². The van der Waals surface area contributed by atoms with Gasteiger partial charge in [-0.2, -0.15) is 0 Å². The first-order valence-corrected chi connectivity index (χ1v) is 7.70. The van der Waals surface area contributed by atoms with Gasteiger partial charge in [-0.15, -0.1) is 0 Å². The predicted octanol–water partition coefficient (Wildman–Crippen LogP) is 3.45. The zero-order valence-electron chi connectivity index (χ0n) is 13.5. The van der Waals surface area contributed by atoms with Crippen LogP contribution in [0.3, 0.4) is 0 Å². The quantitative estimate of drug-likeness (QED) is 0.559. The lowest BCUT2D eigenvalue weighted by atomic mass is 9.68. The molecular weight excluding hydrogens is 274 g/mol. The van der Waals surface area contributed by atoms with Crippen molar-refractivity contribution < 1.29 is 9.90 Å². The Morgan fingerprint density at radius 3 is 2.32 bits per heavy atom. The van der Waals surface area contributed by atoms with Crippen LogP contribution in [0.5, 0.6) is 0 Å². The van der Waals surface area contributed by atoms with Crippen LogP contribution in [0.2, 0.25) is 0 Å². The topological polar surface area (TPSA) is 49.3 Å². The van der Waals surface area contributed by atoms with Crippen LogP contribution in [0.15, 0.2) is 61.3 Å². The highest BCUT2D eigenvalue weighted by Crippen LogP contribution is 2.42. The van der Waals surface area contributed by atoms with Crippen molar-refractivity contribution in [1.82, 2.24) is 5.32 Å². The molecule has 1 aliphatic carbocycles. The molecule has 0 saturated heterocycles. The Labute approximate surface area is 133 Å². The van der Waals surface area contributed by atoms with Gasteiger partial charge in [-0.1, -0.05) is 55.7 Å². The largest absolute Gasteiger partial charge is 0.393 e. The van der Waals surface area contributed by atoms with Crippen molar-refractivity contribution in [2.45, 2.75) is 38.7 Å². The van der Waals surface area contributed by atoms with Crippen LogP contribution >= 0.6 is 0 Å². The van der Waals surface area contributed by atoms with Crippen molar-refractivity contribution in [2.75, 3.05) is 6.54 Å². The lowest BCUT2D eigenvalue weighted by Crippen LogP contribution is -2.42. The molecule has 120 valence electrons. The summed E-state index contributed by atoms with van der Waals surface area (Å²) in [6.07, 6.45) is 11.5. The van der Waals surface area contributed by atoms with Crippen molar-refractivity contribution in [3.8, 4) is 0 Å². The molecule has 3 nitrogen and oxygen atoms in total. The Hall–Kier alpha value is -1.87. The minimum Gasteiger partial charge on any atom is -0.393 e. The average molecular weight is 301 g/mol. The van der Waals surface area contributed by atoms with E-state index in [9.17, 15) is 9.90 Å².